The maximum absolute atomic E-state index is 6.19. The van der Waals surface area contributed by atoms with Gasteiger partial charge in [0.2, 0.25) is 0 Å². The van der Waals surface area contributed by atoms with E-state index in [-0.39, 0.29) is 0 Å². The van der Waals surface area contributed by atoms with Gasteiger partial charge in [0, 0.05) is 50.0 Å². The Morgan fingerprint density at radius 2 is 2.17 bits per heavy atom. The van der Waals surface area contributed by atoms with Crippen LogP contribution in [0.4, 0.5) is 5.69 Å². The molecule has 1 unspecified atom stereocenters. The molecule has 0 saturated carbocycles. The number of methoxy groups -OCH3 is 1. The van der Waals surface area contributed by atoms with Gasteiger partial charge in [0.15, 0.2) is 5.96 Å². The molecular weight excluding hydrogens is 388 g/mol. The van der Waals surface area contributed by atoms with Gasteiger partial charge in [-0.2, -0.15) is 5.10 Å². The van der Waals surface area contributed by atoms with E-state index in [1.54, 1.807) is 7.11 Å². The van der Waals surface area contributed by atoms with Crippen LogP contribution in [0.5, 0.6) is 5.75 Å². The van der Waals surface area contributed by atoms with E-state index in [1.165, 1.54) is 5.69 Å². The van der Waals surface area contributed by atoms with Gasteiger partial charge in [0.05, 0.1) is 18.5 Å². The van der Waals surface area contributed by atoms with E-state index < -0.39 is 0 Å². The second-order valence-corrected chi connectivity index (χ2v) is 7.83. The first-order chi connectivity index (χ1) is 14.0. The lowest BCUT2D eigenvalue weighted by molar-refractivity contribution is 0.415. The number of benzene rings is 1. The smallest absolute Gasteiger partial charge is 0.191 e. The topological polar surface area (TPSA) is 66.7 Å². The molecule has 2 aromatic rings. The summed E-state index contributed by atoms with van der Waals surface area (Å²) in [7, 11) is 3.50. The lowest BCUT2D eigenvalue weighted by atomic mass is 10.2. The Kier molecular flexibility index (Phi) is 7.25. The molecule has 1 aromatic heterocycles. The van der Waals surface area contributed by atoms with Crippen molar-refractivity contribution < 1.29 is 4.74 Å². The second-order valence-electron chi connectivity index (χ2n) is 7.39. The minimum atomic E-state index is 0.320. The van der Waals surface area contributed by atoms with Crippen LogP contribution in [0.25, 0.3) is 0 Å². The highest BCUT2D eigenvalue weighted by Crippen LogP contribution is 2.33. The molecule has 2 N–H and O–H groups in total. The van der Waals surface area contributed by atoms with Crippen LogP contribution in [0.3, 0.4) is 0 Å². The van der Waals surface area contributed by atoms with Crippen molar-refractivity contribution in [2.45, 2.75) is 39.3 Å². The molecule has 158 valence electrons. The predicted molar refractivity (Wildman–Crippen MR) is 119 cm³/mol. The Morgan fingerprint density at radius 1 is 1.34 bits per heavy atom. The van der Waals surface area contributed by atoms with Crippen LogP contribution in [0, 0.1) is 13.8 Å². The molecule has 1 fully saturated rings. The van der Waals surface area contributed by atoms with Crippen molar-refractivity contribution >= 4 is 23.2 Å². The molecule has 8 heteroatoms. The summed E-state index contributed by atoms with van der Waals surface area (Å²) in [5.74, 6) is 1.69. The zero-order valence-corrected chi connectivity index (χ0v) is 18.5. The molecule has 3 rings (SSSR count). The Bertz CT molecular complexity index is 850. The normalized spacial score (nSPS) is 16.9. The van der Waals surface area contributed by atoms with Gasteiger partial charge in [-0.15, -0.1) is 0 Å². The number of hydrogen-bond donors (Lipinski definition) is 2. The van der Waals surface area contributed by atoms with E-state index in [0.717, 1.165) is 67.1 Å². The Balaban J connectivity index is 1.47. The van der Waals surface area contributed by atoms with E-state index >= 15 is 0 Å². The first-order valence-corrected chi connectivity index (χ1v) is 10.4. The third-order valence-corrected chi connectivity index (χ3v) is 5.41. The van der Waals surface area contributed by atoms with Crippen LogP contribution in [-0.4, -0.2) is 55.6 Å². The van der Waals surface area contributed by atoms with Gasteiger partial charge < -0.3 is 20.3 Å². The zero-order valence-electron chi connectivity index (χ0n) is 17.7. The Morgan fingerprint density at radius 3 is 2.86 bits per heavy atom. The molecule has 0 amide bonds. The van der Waals surface area contributed by atoms with Crippen LogP contribution >= 0.6 is 11.6 Å². The summed E-state index contributed by atoms with van der Waals surface area (Å²) < 4.78 is 7.55. The average Bonchev–Trinajstić information content (AvgIpc) is 3.29. The second kappa shape index (κ2) is 9.87. The first-order valence-electron chi connectivity index (χ1n) is 10.1. The van der Waals surface area contributed by atoms with E-state index in [9.17, 15) is 0 Å². The molecular formula is C21H31ClN6O. The third kappa shape index (κ3) is 5.56. The number of anilines is 1. The van der Waals surface area contributed by atoms with Crippen molar-refractivity contribution in [3.8, 4) is 5.75 Å². The van der Waals surface area contributed by atoms with Crippen LogP contribution in [0.1, 0.15) is 24.2 Å². The summed E-state index contributed by atoms with van der Waals surface area (Å²) in [6.07, 6.45) is 2.02. The highest BCUT2D eigenvalue weighted by atomic mass is 35.5. The molecule has 1 aromatic carbocycles. The van der Waals surface area contributed by atoms with E-state index in [2.05, 4.69) is 43.3 Å². The fourth-order valence-electron chi connectivity index (χ4n) is 3.73. The van der Waals surface area contributed by atoms with Crippen LogP contribution in [-0.2, 0) is 6.54 Å². The van der Waals surface area contributed by atoms with Crippen molar-refractivity contribution in [3.05, 3.63) is 40.7 Å². The molecule has 0 bridgehead atoms. The largest absolute Gasteiger partial charge is 0.495 e. The fourth-order valence-corrected chi connectivity index (χ4v) is 3.90. The van der Waals surface area contributed by atoms with Crippen LogP contribution in [0.2, 0.25) is 5.02 Å². The van der Waals surface area contributed by atoms with Gasteiger partial charge in [0.25, 0.3) is 0 Å². The molecule has 29 heavy (non-hydrogen) atoms. The number of rotatable bonds is 7. The molecule has 1 aliphatic rings. The highest BCUT2D eigenvalue weighted by Gasteiger charge is 2.25. The summed E-state index contributed by atoms with van der Waals surface area (Å²) in [5, 5.41) is 12.2. The standard InChI is InChI=1S/C21H31ClN6O/c1-15-12-16(2)28(26-15)10-5-9-24-21(23-3)25-18-8-11-27(14-18)19-13-17(22)6-7-20(19)29-4/h6-7,12-13,18H,5,8-11,14H2,1-4H3,(H2,23,24,25). The number of aryl methyl sites for hydroxylation is 3. The zero-order chi connectivity index (χ0) is 20.8. The van der Waals surface area contributed by atoms with Crippen LogP contribution < -0.4 is 20.3 Å². The third-order valence-electron chi connectivity index (χ3n) is 5.18. The summed E-state index contributed by atoms with van der Waals surface area (Å²) in [6, 6.07) is 8.17. The van der Waals surface area contributed by atoms with Crippen molar-refractivity contribution in [1.29, 1.82) is 0 Å². The predicted octanol–water partition coefficient (Wildman–Crippen LogP) is 3.00. The number of halogens is 1. The van der Waals surface area contributed by atoms with Crippen molar-refractivity contribution in [1.82, 2.24) is 20.4 Å². The number of guanidine groups is 1. The van der Waals surface area contributed by atoms with Gasteiger partial charge in [-0.05, 0) is 51.0 Å². The van der Waals surface area contributed by atoms with Crippen molar-refractivity contribution in [2.24, 2.45) is 4.99 Å². The molecule has 1 saturated heterocycles. The number of hydrogen-bond acceptors (Lipinski definition) is 4. The molecule has 0 aliphatic carbocycles. The molecule has 1 atom stereocenters. The van der Waals surface area contributed by atoms with Gasteiger partial charge in [-0.3, -0.25) is 9.67 Å². The summed E-state index contributed by atoms with van der Waals surface area (Å²) >= 11 is 6.19. The highest BCUT2D eigenvalue weighted by molar-refractivity contribution is 6.30. The minimum absolute atomic E-state index is 0.320. The number of nitrogens with zero attached hydrogens (tertiary/aromatic N) is 4. The summed E-state index contributed by atoms with van der Waals surface area (Å²) in [4.78, 5) is 6.68. The van der Waals surface area contributed by atoms with Crippen molar-refractivity contribution in [3.63, 3.8) is 0 Å². The maximum atomic E-state index is 6.19. The number of aromatic nitrogens is 2. The number of aliphatic imine (C=N–C) groups is 1. The van der Waals surface area contributed by atoms with E-state index in [0.29, 0.717) is 6.04 Å². The van der Waals surface area contributed by atoms with Gasteiger partial charge >= 0.3 is 0 Å². The molecule has 2 heterocycles. The minimum Gasteiger partial charge on any atom is -0.495 e. The monoisotopic (exact) mass is 418 g/mol. The van der Waals surface area contributed by atoms with Gasteiger partial charge in [-0.1, -0.05) is 11.6 Å². The lowest BCUT2D eigenvalue weighted by Gasteiger charge is -2.22. The van der Waals surface area contributed by atoms with Crippen molar-refractivity contribution in [2.75, 3.05) is 38.7 Å². The molecule has 1 aliphatic heterocycles. The van der Waals surface area contributed by atoms with E-state index in [4.69, 9.17) is 16.3 Å². The number of nitrogens with one attached hydrogen (secondary N) is 2. The van der Waals surface area contributed by atoms with Crippen LogP contribution in [0.15, 0.2) is 29.3 Å². The number of ether oxygens (including phenoxy) is 1. The summed E-state index contributed by atoms with van der Waals surface area (Å²) in [5.41, 5.74) is 3.31. The quantitative estimate of drug-likeness (QED) is 0.411. The first kappa shape index (κ1) is 21.3. The van der Waals surface area contributed by atoms with E-state index in [1.807, 2.05) is 32.2 Å². The fraction of sp³-hybridized carbons (Fsp3) is 0.524. The van der Waals surface area contributed by atoms with Gasteiger partial charge in [0.1, 0.15) is 5.75 Å². The average molecular weight is 419 g/mol. The SMILES string of the molecule is CN=C(NCCCn1nc(C)cc1C)NC1CCN(c2cc(Cl)ccc2OC)C1. The lowest BCUT2D eigenvalue weighted by Crippen LogP contribution is -2.45. The molecule has 0 radical (unpaired) electrons. The summed E-state index contributed by atoms with van der Waals surface area (Å²) in [6.45, 7) is 7.69. The Hall–Kier alpha value is -2.41. The molecule has 7 nitrogen and oxygen atoms in total. The maximum Gasteiger partial charge on any atom is 0.191 e. The van der Waals surface area contributed by atoms with Gasteiger partial charge in [-0.25, -0.2) is 0 Å². The Labute approximate surface area is 178 Å². The molecule has 0 spiro atoms.